The van der Waals surface area contributed by atoms with Crippen molar-refractivity contribution in [2.24, 2.45) is 0 Å². The van der Waals surface area contributed by atoms with Crippen molar-refractivity contribution in [2.75, 3.05) is 6.54 Å². The molecule has 0 aliphatic rings. The van der Waals surface area contributed by atoms with Crippen molar-refractivity contribution >= 4 is 5.91 Å². The molecule has 52 valence electrons. The van der Waals surface area contributed by atoms with Gasteiger partial charge in [-0.05, 0) is 6.92 Å². The molecule has 1 amide bonds. The first-order valence-corrected chi connectivity index (χ1v) is 2.53. The van der Waals surface area contributed by atoms with E-state index in [9.17, 15) is 4.79 Å². The number of hydrogen-bond acceptors (Lipinski definition) is 3. The molecule has 0 bridgehead atoms. The van der Waals surface area contributed by atoms with E-state index in [2.05, 4.69) is 0 Å². The fourth-order valence-electron chi connectivity index (χ4n) is 0.306. The number of likely N-dealkylation sites (N-methyl/N-ethyl adjacent to an activating group) is 1. The lowest BCUT2D eigenvalue weighted by molar-refractivity contribution is -0.158. The van der Waals surface area contributed by atoms with Crippen LogP contribution in [0.15, 0.2) is 12.3 Å². The van der Waals surface area contributed by atoms with E-state index in [0.29, 0.717) is 11.3 Å². The highest BCUT2D eigenvalue weighted by Crippen LogP contribution is 1.82. The van der Waals surface area contributed by atoms with Crippen molar-refractivity contribution in [2.45, 2.75) is 6.92 Å². The van der Waals surface area contributed by atoms with Crippen LogP contribution in [0.25, 0.3) is 0 Å². The summed E-state index contributed by atoms with van der Waals surface area (Å²) in [6.07, 6.45) is 1.45. The lowest BCUT2D eigenvalue weighted by Gasteiger charge is -2.07. The summed E-state index contributed by atoms with van der Waals surface area (Å²) >= 11 is 0. The maximum Gasteiger partial charge on any atom is 0.272 e. The second-order valence-electron chi connectivity index (χ2n) is 1.37. The highest BCUT2D eigenvalue weighted by molar-refractivity contribution is 5.86. The molecule has 0 atom stereocenters. The molecule has 0 aliphatic carbocycles. The van der Waals surface area contributed by atoms with Crippen LogP contribution in [0.4, 0.5) is 0 Å². The van der Waals surface area contributed by atoms with E-state index in [1.807, 2.05) is 0 Å². The Balaban J connectivity index is 3.73. The van der Waals surface area contributed by atoms with Gasteiger partial charge < -0.3 is 5.11 Å². The first kappa shape index (κ1) is 7.97. The second-order valence-corrected chi connectivity index (χ2v) is 1.37. The smallest absolute Gasteiger partial charge is 0.272 e. The van der Waals surface area contributed by atoms with Gasteiger partial charge in [-0.2, -0.15) is 0 Å². The first-order valence-electron chi connectivity index (χ1n) is 2.53. The number of amides is 1. The van der Waals surface area contributed by atoms with Crippen LogP contribution in [0, 0.1) is 0 Å². The maximum absolute atomic E-state index is 10.4. The van der Waals surface area contributed by atoms with Gasteiger partial charge in [-0.15, -0.1) is 0 Å². The summed E-state index contributed by atoms with van der Waals surface area (Å²) in [7, 11) is 0. The minimum absolute atomic E-state index is 0.211. The van der Waals surface area contributed by atoms with Crippen LogP contribution in [-0.2, 0) is 4.79 Å². The Morgan fingerprint density at radius 2 is 2.33 bits per heavy atom. The van der Waals surface area contributed by atoms with Gasteiger partial charge in [0.05, 0.1) is 6.26 Å². The minimum atomic E-state index is -0.625. The van der Waals surface area contributed by atoms with Crippen molar-refractivity contribution in [1.29, 1.82) is 0 Å². The Hall–Kier alpha value is -1.03. The van der Waals surface area contributed by atoms with Crippen LogP contribution in [0.2, 0.25) is 0 Å². The quantitative estimate of drug-likeness (QED) is 0.245. The lowest BCUT2D eigenvalue weighted by atomic mass is 10.5. The van der Waals surface area contributed by atoms with E-state index in [0.717, 1.165) is 6.08 Å². The van der Waals surface area contributed by atoms with Crippen LogP contribution < -0.4 is 0 Å². The van der Waals surface area contributed by atoms with Crippen LogP contribution in [0.3, 0.4) is 0 Å². The molecule has 0 radical (unpaired) electrons. The van der Waals surface area contributed by atoms with Gasteiger partial charge in [-0.3, -0.25) is 10.0 Å². The molecule has 0 heterocycles. The van der Waals surface area contributed by atoms with Crippen molar-refractivity contribution in [3.05, 3.63) is 12.3 Å². The predicted molar refractivity (Wildman–Crippen MR) is 30.9 cm³/mol. The van der Waals surface area contributed by atoms with E-state index in [4.69, 9.17) is 10.3 Å². The zero-order chi connectivity index (χ0) is 7.28. The molecule has 0 fully saturated rings. The Kier molecular flexibility index (Phi) is 3.46. The molecule has 4 nitrogen and oxygen atoms in total. The first-order chi connectivity index (χ1) is 4.22. The summed E-state index contributed by atoms with van der Waals surface area (Å²) in [5, 5.41) is 17.1. The standard InChI is InChI=1S/C5H9NO3/c1-2-6(9)5(8)3-4-7/h3-4,7,9H,2H2,1H3. The largest absolute Gasteiger partial charge is 0.515 e. The molecular formula is C5H9NO3. The Morgan fingerprint density at radius 3 is 2.67 bits per heavy atom. The summed E-state index contributed by atoms with van der Waals surface area (Å²) < 4.78 is 0. The van der Waals surface area contributed by atoms with Crippen molar-refractivity contribution in [3.8, 4) is 0 Å². The molecule has 0 saturated heterocycles. The molecular weight excluding hydrogens is 122 g/mol. The highest BCUT2D eigenvalue weighted by atomic mass is 16.5. The second kappa shape index (κ2) is 3.91. The topological polar surface area (TPSA) is 60.8 Å². The molecule has 0 aromatic rings. The molecule has 0 rings (SSSR count). The van der Waals surface area contributed by atoms with Crippen LogP contribution in [-0.4, -0.2) is 27.8 Å². The van der Waals surface area contributed by atoms with Gasteiger partial charge in [-0.25, -0.2) is 5.06 Å². The third kappa shape index (κ3) is 2.71. The van der Waals surface area contributed by atoms with Crippen LogP contribution in [0.1, 0.15) is 6.92 Å². The normalized spacial score (nSPS) is 10.0. The number of rotatable bonds is 2. The van der Waals surface area contributed by atoms with Gasteiger partial charge in [0.15, 0.2) is 0 Å². The van der Waals surface area contributed by atoms with Gasteiger partial charge in [0, 0.05) is 12.6 Å². The Morgan fingerprint density at radius 1 is 1.78 bits per heavy atom. The minimum Gasteiger partial charge on any atom is -0.515 e. The van der Waals surface area contributed by atoms with Crippen molar-refractivity contribution < 1.29 is 15.1 Å². The zero-order valence-corrected chi connectivity index (χ0v) is 5.11. The monoisotopic (exact) mass is 131 g/mol. The summed E-state index contributed by atoms with van der Waals surface area (Å²) in [5.74, 6) is -0.625. The summed E-state index contributed by atoms with van der Waals surface area (Å²) in [5.41, 5.74) is 0. The van der Waals surface area contributed by atoms with E-state index in [1.54, 1.807) is 6.92 Å². The summed E-state index contributed by atoms with van der Waals surface area (Å²) in [6.45, 7) is 1.83. The number of carbonyl (C=O) groups is 1. The van der Waals surface area contributed by atoms with Gasteiger partial charge >= 0.3 is 0 Å². The number of aliphatic hydroxyl groups is 1. The number of hydroxylamine groups is 2. The van der Waals surface area contributed by atoms with Crippen LogP contribution in [0.5, 0.6) is 0 Å². The Bertz CT molecular complexity index is 121. The Labute approximate surface area is 53.0 Å². The van der Waals surface area contributed by atoms with E-state index in [-0.39, 0.29) is 6.54 Å². The molecule has 0 unspecified atom stereocenters. The molecule has 0 spiro atoms. The predicted octanol–water partition coefficient (Wildman–Crippen LogP) is 0.296. The van der Waals surface area contributed by atoms with E-state index >= 15 is 0 Å². The summed E-state index contributed by atoms with van der Waals surface area (Å²) in [4.78, 5) is 10.4. The van der Waals surface area contributed by atoms with E-state index in [1.165, 1.54) is 0 Å². The van der Waals surface area contributed by atoms with E-state index < -0.39 is 5.91 Å². The highest BCUT2D eigenvalue weighted by Gasteiger charge is 2.01. The van der Waals surface area contributed by atoms with Gasteiger partial charge in [0.2, 0.25) is 0 Å². The fourth-order valence-corrected chi connectivity index (χ4v) is 0.306. The SMILES string of the molecule is CCN(O)C(=O)C=CO. The molecule has 0 aromatic heterocycles. The molecule has 0 aliphatic heterocycles. The lowest BCUT2D eigenvalue weighted by Crippen LogP contribution is -2.24. The number of nitrogens with zero attached hydrogens (tertiary/aromatic N) is 1. The van der Waals surface area contributed by atoms with Gasteiger partial charge in [0.1, 0.15) is 0 Å². The molecule has 0 aromatic carbocycles. The number of hydrogen-bond donors (Lipinski definition) is 2. The molecule has 4 heteroatoms. The third-order valence-electron chi connectivity index (χ3n) is 0.771. The average molecular weight is 131 g/mol. The van der Waals surface area contributed by atoms with Crippen molar-refractivity contribution in [3.63, 3.8) is 0 Å². The molecule has 0 saturated carbocycles. The maximum atomic E-state index is 10.4. The van der Waals surface area contributed by atoms with Crippen molar-refractivity contribution in [1.82, 2.24) is 5.06 Å². The molecule has 9 heavy (non-hydrogen) atoms. The fraction of sp³-hybridized carbons (Fsp3) is 0.400. The zero-order valence-electron chi connectivity index (χ0n) is 5.11. The number of aliphatic hydroxyl groups excluding tert-OH is 1. The van der Waals surface area contributed by atoms with Gasteiger partial charge in [0.25, 0.3) is 5.91 Å². The van der Waals surface area contributed by atoms with Crippen LogP contribution >= 0.6 is 0 Å². The summed E-state index contributed by atoms with van der Waals surface area (Å²) in [6, 6.07) is 0. The average Bonchev–Trinajstić information content (AvgIpc) is 1.87. The number of carbonyl (C=O) groups excluding carboxylic acids is 1. The van der Waals surface area contributed by atoms with Gasteiger partial charge in [-0.1, -0.05) is 0 Å². The third-order valence-corrected chi connectivity index (χ3v) is 0.771. The molecule has 2 N–H and O–H groups in total.